The average molecular weight is 208 g/mol. The lowest BCUT2D eigenvalue weighted by molar-refractivity contribution is 0.177. The Morgan fingerprint density at radius 1 is 1.71 bits per heavy atom. The molecule has 1 unspecified atom stereocenters. The Balaban J connectivity index is 2.11. The Bertz CT molecular complexity index is 403. The Labute approximate surface area is 86.3 Å². The molecule has 1 atom stereocenters. The highest BCUT2D eigenvalue weighted by atomic mass is 32.1. The Kier molecular flexibility index (Phi) is 2.65. The standard InChI is InChI=1S/C10H12N2OS/c1-2-3-9(13)6-8-7-12-4-5-14-10(12)11-8/h2,4-5,7,9,13H,1,3,6H2. The number of aliphatic hydroxyl groups excluding tert-OH is 1. The first-order valence-electron chi connectivity index (χ1n) is 4.49. The molecule has 0 spiro atoms. The smallest absolute Gasteiger partial charge is 0.193 e. The zero-order valence-corrected chi connectivity index (χ0v) is 8.57. The molecule has 2 aromatic heterocycles. The number of rotatable bonds is 4. The van der Waals surface area contributed by atoms with E-state index in [9.17, 15) is 5.11 Å². The first-order valence-corrected chi connectivity index (χ1v) is 5.37. The molecule has 0 bridgehead atoms. The SMILES string of the molecule is C=CCC(O)Cc1cn2ccsc2n1. The quantitative estimate of drug-likeness (QED) is 0.779. The molecule has 0 aliphatic heterocycles. The lowest BCUT2D eigenvalue weighted by atomic mass is 10.1. The van der Waals surface area contributed by atoms with Crippen molar-refractivity contribution in [3.8, 4) is 0 Å². The summed E-state index contributed by atoms with van der Waals surface area (Å²) in [5.41, 5.74) is 0.936. The molecule has 0 amide bonds. The van der Waals surface area contributed by atoms with E-state index in [-0.39, 0.29) is 6.10 Å². The van der Waals surface area contributed by atoms with Crippen LogP contribution in [0.15, 0.2) is 30.4 Å². The Morgan fingerprint density at radius 2 is 2.57 bits per heavy atom. The van der Waals surface area contributed by atoms with Crippen molar-refractivity contribution >= 4 is 16.3 Å². The summed E-state index contributed by atoms with van der Waals surface area (Å²) in [5.74, 6) is 0. The fourth-order valence-electron chi connectivity index (χ4n) is 1.39. The number of hydrogen-bond acceptors (Lipinski definition) is 3. The van der Waals surface area contributed by atoms with Crippen LogP contribution in [-0.4, -0.2) is 20.6 Å². The van der Waals surface area contributed by atoms with Crippen molar-refractivity contribution < 1.29 is 5.11 Å². The van der Waals surface area contributed by atoms with Gasteiger partial charge in [-0.2, -0.15) is 0 Å². The van der Waals surface area contributed by atoms with Crippen LogP contribution in [-0.2, 0) is 6.42 Å². The lowest BCUT2D eigenvalue weighted by Crippen LogP contribution is -2.08. The molecule has 0 aliphatic rings. The molecule has 0 radical (unpaired) electrons. The fourth-order valence-corrected chi connectivity index (χ4v) is 2.11. The van der Waals surface area contributed by atoms with E-state index in [1.807, 2.05) is 22.2 Å². The van der Waals surface area contributed by atoms with Gasteiger partial charge < -0.3 is 5.11 Å². The van der Waals surface area contributed by atoms with Crippen LogP contribution >= 0.6 is 11.3 Å². The monoisotopic (exact) mass is 208 g/mol. The van der Waals surface area contributed by atoms with E-state index in [1.54, 1.807) is 17.4 Å². The summed E-state index contributed by atoms with van der Waals surface area (Å²) in [6.45, 7) is 3.59. The first kappa shape index (κ1) is 9.43. The number of imidazole rings is 1. The van der Waals surface area contributed by atoms with Crippen molar-refractivity contribution in [3.05, 3.63) is 36.1 Å². The summed E-state index contributed by atoms with van der Waals surface area (Å²) in [7, 11) is 0. The van der Waals surface area contributed by atoms with Gasteiger partial charge in [-0.25, -0.2) is 4.98 Å². The molecular weight excluding hydrogens is 196 g/mol. The topological polar surface area (TPSA) is 37.5 Å². The largest absolute Gasteiger partial charge is 0.392 e. The van der Waals surface area contributed by atoms with Crippen molar-refractivity contribution in [2.75, 3.05) is 0 Å². The molecule has 14 heavy (non-hydrogen) atoms. The van der Waals surface area contributed by atoms with E-state index in [0.29, 0.717) is 12.8 Å². The van der Waals surface area contributed by atoms with Crippen molar-refractivity contribution in [1.29, 1.82) is 0 Å². The number of aromatic nitrogens is 2. The molecule has 2 rings (SSSR count). The van der Waals surface area contributed by atoms with E-state index >= 15 is 0 Å². The molecule has 3 nitrogen and oxygen atoms in total. The van der Waals surface area contributed by atoms with Crippen LogP contribution in [0.4, 0.5) is 0 Å². The number of nitrogens with zero attached hydrogens (tertiary/aromatic N) is 2. The average Bonchev–Trinajstić information content (AvgIpc) is 2.63. The normalized spacial score (nSPS) is 13.2. The van der Waals surface area contributed by atoms with E-state index in [2.05, 4.69) is 11.6 Å². The van der Waals surface area contributed by atoms with Crippen LogP contribution in [0.2, 0.25) is 0 Å². The van der Waals surface area contributed by atoms with Crippen molar-refractivity contribution in [1.82, 2.24) is 9.38 Å². The van der Waals surface area contributed by atoms with E-state index in [0.717, 1.165) is 10.7 Å². The second-order valence-electron chi connectivity index (χ2n) is 3.21. The second kappa shape index (κ2) is 3.94. The molecule has 4 heteroatoms. The lowest BCUT2D eigenvalue weighted by Gasteiger charge is -2.03. The van der Waals surface area contributed by atoms with Gasteiger partial charge in [0.1, 0.15) is 0 Å². The van der Waals surface area contributed by atoms with Crippen LogP contribution < -0.4 is 0 Å². The van der Waals surface area contributed by atoms with Gasteiger partial charge in [0, 0.05) is 24.2 Å². The predicted molar refractivity (Wildman–Crippen MR) is 57.6 cm³/mol. The summed E-state index contributed by atoms with van der Waals surface area (Å²) in [6, 6.07) is 0. The Hall–Kier alpha value is -1.13. The van der Waals surface area contributed by atoms with E-state index in [4.69, 9.17) is 0 Å². The van der Waals surface area contributed by atoms with Crippen LogP contribution in [0.5, 0.6) is 0 Å². The van der Waals surface area contributed by atoms with Gasteiger partial charge in [-0.3, -0.25) is 4.40 Å². The molecular formula is C10H12N2OS. The van der Waals surface area contributed by atoms with Gasteiger partial charge in [-0.15, -0.1) is 17.9 Å². The van der Waals surface area contributed by atoms with Crippen LogP contribution in [0.25, 0.3) is 4.96 Å². The number of fused-ring (bicyclic) bond motifs is 1. The zero-order chi connectivity index (χ0) is 9.97. The maximum atomic E-state index is 9.55. The van der Waals surface area contributed by atoms with E-state index < -0.39 is 0 Å². The maximum absolute atomic E-state index is 9.55. The molecule has 0 fully saturated rings. The summed E-state index contributed by atoms with van der Waals surface area (Å²) in [5, 5.41) is 11.5. The third kappa shape index (κ3) is 1.86. The van der Waals surface area contributed by atoms with E-state index in [1.165, 1.54) is 0 Å². The van der Waals surface area contributed by atoms with Crippen LogP contribution in [0.1, 0.15) is 12.1 Å². The highest BCUT2D eigenvalue weighted by molar-refractivity contribution is 7.15. The third-order valence-electron chi connectivity index (χ3n) is 2.03. The van der Waals surface area contributed by atoms with Gasteiger partial charge in [0.15, 0.2) is 4.96 Å². The molecule has 0 aromatic carbocycles. The molecule has 0 saturated heterocycles. The van der Waals surface area contributed by atoms with Gasteiger partial charge in [0.2, 0.25) is 0 Å². The molecule has 1 N–H and O–H groups in total. The Morgan fingerprint density at radius 3 is 3.29 bits per heavy atom. The summed E-state index contributed by atoms with van der Waals surface area (Å²) in [4.78, 5) is 5.36. The molecule has 2 heterocycles. The number of aliphatic hydroxyl groups is 1. The van der Waals surface area contributed by atoms with Crippen molar-refractivity contribution in [3.63, 3.8) is 0 Å². The zero-order valence-electron chi connectivity index (χ0n) is 7.76. The highest BCUT2D eigenvalue weighted by Crippen LogP contribution is 2.13. The van der Waals surface area contributed by atoms with Crippen LogP contribution in [0.3, 0.4) is 0 Å². The van der Waals surface area contributed by atoms with Crippen LogP contribution in [0, 0.1) is 0 Å². The van der Waals surface area contributed by atoms with Gasteiger partial charge >= 0.3 is 0 Å². The fraction of sp³-hybridized carbons (Fsp3) is 0.300. The molecule has 0 saturated carbocycles. The first-order chi connectivity index (χ1) is 6.79. The number of hydrogen-bond donors (Lipinski definition) is 1. The maximum Gasteiger partial charge on any atom is 0.193 e. The van der Waals surface area contributed by atoms with Gasteiger partial charge in [-0.05, 0) is 6.42 Å². The minimum Gasteiger partial charge on any atom is -0.392 e. The highest BCUT2D eigenvalue weighted by Gasteiger charge is 2.07. The van der Waals surface area contributed by atoms with Crippen molar-refractivity contribution in [2.45, 2.75) is 18.9 Å². The van der Waals surface area contributed by atoms with Crippen molar-refractivity contribution in [2.24, 2.45) is 0 Å². The summed E-state index contributed by atoms with van der Waals surface area (Å²) >= 11 is 1.60. The summed E-state index contributed by atoms with van der Waals surface area (Å²) in [6.07, 6.45) is 6.50. The number of thiazole rings is 1. The molecule has 2 aromatic rings. The second-order valence-corrected chi connectivity index (χ2v) is 4.08. The summed E-state index contributed by atoms with van der Waals surface area (Å²) < 4.78 is 1.97. The third-order valence-corrected chi connectivity index (χ3v) is 2.80. The molecule has 0 aliphatic carbocycles. The minimum atomic E-state index is -0.364. The van der Waals surface area contributed by atoms with Gasteiger partial charge in [0.25, 0.3) is 0 Å². The van der Waals surface area contributed by atoms with Gasteiger partial charge in [0.05, 0.1) is 11.8 Å². The van der Waals surface area contributed by atoms with Gasteiger partial charge in [-0.1, -0.05) is 6.08 Å². The minimum absolute atomic E-state index is 0.364. The predicted octanol–water partition coefficient (Wildman–Crippen LogP) is 1.88. The molecule has 74 valence electrons.